The SMILES string of the molecule is c1ccc(-c2cccc(-c3ccc(N(c4ccccc4)c4ccc(-c5ccc6c(c5)c5ccccc5c5c(-c7ccccc7)c(-c7ccccc7)oc65)cc4)cc3)c2)cc1. The van der Waals surface area contributed by atoms with Gasteiger partial charge in [0.05, 0.1) is 0 Å². The van der Waals surface area contributed by atoms with Gasteiger partial charge in [0.1, 0.15) is 11.3 Å². The molecule has 0 bridgehead atoms. The Balaban J connectivity index is 0.982. The molecule has 0 saturated heterocycles. The van der Waals surface area contributed by atoms with Crippen molar-refractivity contribution in [1.82, 2.24) is 0 Å². The zero-order valence-corrected chi connectivity index (χ0v) is 32.9. The van der Waals surface area contributed by atoms with Gasteiger partial charge in [0.2, 0.25) is 0 Å². The predicted octanol–water partition coefficient (Wildman–Crippen LogP) is 16.5. The van der Waals surface area contributed by atoms with Crippen molar-refractivity contribution in [2.75, 3.05) is 4.90 Å². The van der Waals surface area contributed by atoms with Crippen LogP contribution in [0.4, 0.5) is 17.1 Å². The summed E-state index contributed by atoms with van der Waals surface area (Å²) in [4.78, 5) is 2.32. The summed E-state index contributed by atoms with van der Waals surface area (Å²) in [6.07, 6.45) is 0. The second kappa shape index (κ2) is 15.1. The number of hydrogen-bond acceptors (Lipinski definition) is 2. The van der Waals surface area contributed by atoms with Gasteiger partial charge < -0.3 is 9.32 Å². The van der Waals surface area contributed by atoms with Crippen molar-refractivity contribution in [2.45, 2.75) is 0 Å². The molecular weight excluding hydrogens is 727 g/mol. The first-order valence-corrected chi connectivity index (χ1v) is 20.5. The number of rotatable bonds is 8. The monoisotopic (exact) mass is 765 g/mol. The van der Waals surface area contributed by atoms with E-state index >= 15 is 0 Å². The van der Waals surface area contributed by atoms with E-state index in [1.807, 2.05) is 0 Å². The highest BCUT2D eigenvalue weighted by atomic mass is 16.3. The topological polar surface area (TPSA) is 16.4 Å². The van der Waals surface area contributed by atoms with E-state index in [0.29, 0.717) is 0 Å². The summed E-state index contributed by atoms with van der Waals surface area (Å²) >= 11 is 0. The smallest absolute Gasteiger partial charge is 0.143 e. The third-order valence-electron chi connectivity index (χ3n) is 11.7. The molecule has 0 aliphatic heterocycles. The van der Waals surface area contributed by atoms with Gasteiger partial charge in [-0.25, -0.2) is 0 Å². The summed E-state index contributed by atoms with van der Waals surface area (Å²) in [5.74, 6) is 0.893. The zero-order valence-electron chi connectivity index (χ0n) is 32.9. The van der Waals surface area contributed by atoms with Crippen molar-refractivity contribution in [3.8, 4) is 55.8 Å². The maximum absolute atomic E-state index is 6.98. The Morgan fingerprint density at radius 1 is 0.267 bits per heavy atom. The second-order valence-corrected chi connectivity index (χ2v) is 15.3. The second-order valence-electron chi connectivity index (χ2n) is 15.3. The molecule has 0 fully saturated rings. The highest BCUT2D eigenvalue weighted by molar-refractivity contribution is 6.28. The van der Waals surface area contributed by atoms with Crippen molar-refractivity contribution in [3.05, 3.63) is 237 Å². The Labute approximate surface area is 349 Å². The van der Waals surface area contributed by atoms with E-state index in [1.165, 1.54) is 38.4 Å². The Kier molecular flexibility index (Phi) is 8.87. The molecule has 282 valence electrons. The summed E-state index contributed by atoms with van der Waals surface area (Å²) < 4.78 is 6.98. The van der Waals surface area contributed by atoms with Crippen LogP contribution < -0.4 is 4.90 Å². The van der Waals surface area contributed by atoms with Crippen LogP contribution in [-0.4, -0.2) is 0 Å². The van der Waals surface area contributed by atoms with E-state index in [-0.39, 0.29) is 0 Å². The van der Waals surface area contributed by atoms with Crippen LogP contribution in [0.2, 0.25) is 0 Å². The summed E-state index contributed by atoms with van der Waals surface area (Å²) in [7, 11) is 0. The quantitative estimate of drug-likeness (QED) is 0.143. The minimum absolute atomic E-state index is 0.893. The normalized spacial score (nSPS) is 11.3. The lowest BCUT2D eigenvalue weighted by atomic mass is 9.91. The third kappa shape index (κ3) is 6.32. The minimum Gasteiger partial charge on any atom is -0.455 e. The first kappa shape index (κ1) is 35.2. The van der Waals surface area contributed by atoms with Gasteiger partial charge in [-0.05, 0) is 110 Å². The fraction of sp³-hybridized carbons (Fsp3) is 0. The van der Waals surface area contributed by atoms with Gasteiger partial charge in [0, 0.05) is 39.0 Å². The molecule has 0 unspecified atom stereocenters. The largest absolute Gasteiger partial charge is 0.455 e. The maximum Gasteiger partial charge on any atom is 0.143 e. The van der Waals surface area contributed by atoms with Crippen LogP contribution in [-0.2, 0) is 0 Å². The van der Waals surface area contributed by atoms with Crippen LogP contribution in [0, 0.1) is 0 Å². The van der Waals surface area contributed by atoms with Crippen molar-refractivity contribution in [3.63, 3.8) is 0 Å². The zero-order chi connectivity index (χ0) is 39.8. The number of benzene rings is 10. The van der Waals surface area contributed by atoms with Crippen LogP contribution in [0.3, 0.4) is 0 Å². The summed E-state index contributed by atoms with van der Waals surface area (Å²) in [5.41, 5.74) is 14.7. The molecule has 2 heteroatoms. The molecule has 0 radical (unpaired) electrons. The highest BCUT2D eigenvalue weighted by Crippen LogP contribution is 2.48. The Morgan fingerprint density at radius 3 is 1.30 bits per heavy atom. The molecule has 0 saturated carbocycles. The molecule has 0 amide bonds. The number of nitrogens with zero attached hydrogens (tertiary/aromatic N) is 1. The first-order chi connectivity index (χ1) is 29.8. The lowest BCUT2D eigenvalue weighted by Gasteiger charge is -2.26. The Bertz CT molecular complexity index is 3260. The molecule has 0 N–H and O–H groups in total. The van der Waals surface area contributed by atoms with Crippen LogP contribution in [0.5, 0.6) is 0 Å². The van der Waals surface area contributed by atoms with Crippen LogP contribution in [0.15, 0.2) is 241 Å². The van der Waals surface area contributed by atoms with E-state index in [4.69, 9.17) is 4.42 Å². The minimum atomic E-state index is 0.893. The maximum atomic E-state index is 6.98. The number of furan rings is 1. The molecule has 11 aromatic rings. The standard InChI is InChI=1S/C58H39NO/c1-5-16-40(17-6-1)45-22-15-23-46(38-45)41-28-33-49(34-29-41)59(48-24-11-4-12-25-48)50-35-30-42(31-36-50)47-32-37-53-54(39-47)51-26-13-14-27-52(51)56-55(43-18-7-2-8-19-43)57(60-58(53)56)44-20-9-3-10-21-44/h1-39H. The van der Waals surface area contributed by atoms with Crippen molar-refractivity contribution >= 4 is 49.6 Å². The van der Waals surface area contributed by atoms with Gasteiger partial charge in [-0.2, -0.15) is 0 Å². The number of hydrogen-bond donors (Lipinski definition) is 0. The average Bonchev–Trinajstić information content (AvgIpc) is 3.75. The Hall–Kier alpha value is -7.94. The molecule has 0 atom stereocenters. The first-order valence-electron chi connectivity index (χ1n) is 20.5. The van der Waals surface area contributed by atoms with E-state index < -0.39 is 0 Å². The number of fused-ring (bicyclic) bond motifs is 6. The summed E-state index contributed by atoms with van der Waals surface area (Å²) in [6.45, 7) is 0. The van der Waals surface area contributed by atoms with Crippen molar-refractivity contribution in [1.29, 1.82) is 0 Å². The molecule has 0 spiro atoms. The van der Waals surface area contributed by atoms with Gasteiger partial charge in [0.15, 0.2) is 0 Å². The van der Waals surface area contributed by atoms with Gasteiger partial charge in [-0.3, -0.25) is 0 Å². The lowest BCUT2D eigenvalue weighted by Crippen LogP contribution is -2.09. The van der Waals surface area contributed by atoms with E-state index in [9.17, 15) is 0 Å². The van der Waals surface area contributed by atoms with Crippen LogP contribution >= 0.6 is 0 Å². The molecule has 11 rings (SSSR count). The van der Waals surface area contributed by atoms with Crippen molar-refractivity contribution < 1.29 is 4.42 Å². The van der Waals surface area contributed by atoms with Crippen molar-refractivity contribution in [2.24, 2.45) is 0 Å². The average molecular weight is 766 g/mol. The Morgan fingerprint density at radius 2 is 0.700 bits per heavy atom. The van der Waals surface area contributed by atoms with Gasteiger partial charge in [-0.15, -0.1) is 0 Å². The molecular formula is C58H39NO. The predicted molar refractivity (Wildman–Crippen MR) is 253 cm³/mol. The van der Waals surface area contributed by atoms with Gasteiger partial charge >= 0.3 is 0 Å². The molecule has 1 heterocycles. The third-order valence-corrected chi connectivity index (χ3v) is 11.7. The van der Waals surface area contributed by atoms with Gasteiger partial charge in [0.25, 0.3) is 0 Å². The van der Waals surface area contributed by atoms with E-state index in [0.717, 1.165) is 67.0 Å². The molecule has 2 nitrogen and oxygen atoms in total. The molecule has 1 aromatic heterocycles. The number of para-hydroxylation sites is 1. The lowest BCUT2D eigenvalue weighted by molar-refractivity contribution is 0.636. The van der Waals surface area contributed by atoms with Crippen LogP contribution in [0.25, 0.3) is 88.3 Å². The molecule has 0 aliphatic carbocycles. The van der Waals surface area contributed by atoms with E-state index in [2.05, 4.69) is 241 Å². The number of anilines is 3. The summed E-state index contributed by atoms with van der Waals surface area (Å²) in [5, 5.41) is 5.82. The molecule has 60 heavy (non-hydrogen) atoms. The molecule has 0 aliphatic rings. The molecule has 10 aromatic carbocycles. The highest BCUT2D eigenvalue weighted by Gasteiger charge is 2.23. The van der Waals surface area contributed by atoms with E-state index in [1.54, 1.807) is 0 Å². The summed E-state index contributed by atoms with van der Waals surface area (Å²) in [6, 6.07) is 84.5. The van der Waals surface area contributed by atoms with Crippen LogP contribution in [0.1, 0.15) is 0 Å². The van der Waals surface area contributed by atoms with Gasteiger partial charge in [-0.1, -0.05) is 182 Å². The fourth-order valence-electron chi connectivity index (χ4n) is 8.77. The fourth-order valence-corrected chi connectivity index (χ4v) is 8.77.